The Bertz CT molecular complexity index is 850. The molecule has 0 spiro atoms. The van der Waals surface area contributed by atoms with Gasteiger partial charge in [0.2, 0.25) is 6.29 Å². The number of benzene rings is 2. The third-order valence-electron chi connectivity index (χ3n) is 8.08. The predicted molar refractivity (Wildman–Crippen MR) is 151 cm³/mol. The van der Waals surface area contributed by atoms with E-state index in [1.54, 1.807) is 0 Å². The van der Waals surface area contributed by atoms with Gasteiger partial charge in [-0.05, 0) is 71.1 Å². The third-order valence-corrected chi connectivity index (χ3v) is 8.08. The van der Waals surface area contributed by atoms with Crippen LogP contribution in [0.5, 0.6) is 5.75 Å². The van der Waals surface area contributed by atoms with Crippen LogP contribution in [-0.4, -0.2) is 6.29 Å². The second-order valence-corrected chi connectivity index (χ2v) is 12.9. The first-order chi connectivity index (χ1) is 16.2. The lowest BCUT2D eigenvalue weighted by Crippen LogP contribution is -2.37. The van der Waals surface area contributed by atoms with Gasteiger partial charge in [-0.25, -0.2) is 0 Å². The fraction of sp³-hybridized carbons (Fsp3) is 0.636. The lowest BCUT2D eigenvalue weighted by atomic mass is 9.68. The number of ether oxygens (including phenoxy) is 2. The van der Waals surface area contributed by atoms with E-state index in [2.05, 4.69) is 125 Å². The highest BCUT2D eigenvalue weighted by atomic mass is 16.7. The molecule has 0 saturated heterocycles. The van der Waals surface area contributed by atoms with E-state index in [1.807, 2.05) is 6.07 Å². The highest BCUT2D eigenvalue weighted by Crippen LogP contribution is 2.42. The monoisotopic (exact) mass is 480 g/mol. The predicted octanol–water partition coefficient (Wildman–Crippen LogP) is 10.1. The number of hydrogen-bond acceptors (Lipinski definition) is 2. The Balaban J connectivity index is 2.28. The van der Waals surface area contributed by atoms with Gasteiger partial charge < -0.3 is 9.47 Å². The van der Waals surface area contributed by atoms with E-state index >= 15 is 0 Å². The van der Waals surface area contributed by atoms with Crippen molar-refractivity contribution in [3.05, 3.63) is 65.7 Å². The molecule has 0 radical (unpaired) electrons. The van der Waals surface area contributed by atoms with Crippen molar-refractivity contribution in [3.63, 3.8) is 0 Å². The Morgan fingerprint density at radius 3 is 1.66 bits per heavy atom. The van der Waals surface area contributed by atoms with E-state index in [1.165, 1.54) is 17.5 Å². The Morgan fingerprint density at radius 2 is 1.20 bits per heavy atom. The Hall–Kier alpha value is -1.80. The molecular weight excluding hydrogens is 428 g/mol. The number of hydrogen-bond donors (Lipinski definition) is 0. The van der Waals surface area contributed by atoms with Crippen molar-refractivity contribution in [2.24, 2.45) is 28.6 Å². The molecular formula is C33H52O2. The fourth-order valence-electron chi connectivity index (χ4n) is 4.99. The smallest absolute Gasteiger partial charge is 0.201 e. The maximum absolute atomic E-state index is 6.60. The van der Waals surface area contributed by atoms with E-state index in [-0.39, 0.29) is 17.8 Å². The summed E-state index contributed by atoms with van der Waals surface area (Å²) in [6.07, 6.45) is 1.66. The summed E-state index contributed by atoms with van der Waals surface area (Å²) >= 11 is 0. The largest absolute Gasteiger partial charge is 0.465 e. The summed E-state index contributed by atoms with van der Waals surface area (Å²) in [5, 5.41) is 0. The van der Waals surface area contributed by atoms with Crippen LogP contribution in [-0.2, 0) is 4.74 Å². The molecule has 196 valence electrons. The van der Waals surface area contributed by atoms with Gasteiger partial charge in [0.05, 0.1) is 6.10 Å². The molecule has 0 heterocycles. The fourth-order valence-corrected chi connectivity index (χ4v) is 4.99. The van der Waals surface area contributed by atoms with E-state index in [4.69, 9.17) is 9.47 Å². The summed E-state index contributed by atoms with van der Waals surface area (Å²) < 4.78 is 13.2. The molecule has 0 aliphatic rings. The van der Waals surface area contributed by atoms with Gasteiger partial charge in [0.25, 0.3) is 0 Å². The van der Waals surface area contributed by atoms with Crippen molar-refractivity contribution in [2.75, 3.05) is 0 Å². The molecule has 0 bridgehead atoms. The first-order valence-corrected chi connectivity index (χ1v) is 13.7. The average Bonchev–Trinajstić information content (AvgIpc) is 2.77. The molecule has 0 fully saturated rings. The molecule has 0 saturated carbocycles. The normalized spacial score (nSPS) is 15.5. The molecule has 0 aliphatic heterocycles. The van der Waals surface area contributed by atoms with Gasteiger partial charge in [0.1, 0.15) is 5.75 Å². The molecule has 2 heteroatoms. The second-order valence-electron chi connectivity index (χ2n) is 12.9. The Labute approximate surface area is 216 Å². The van der Waals surface area contributed by atoms with Crippen molar-refractivity contribution < 1.29 is 9.47 Å². The average molecular weight is 481 g/mol. The van der Waals surface area contributed by atoms with Crippen molar-refractivity contribution in [1.29, 1.82) is 0 Å². The van der Waals surface area contributed by atoms with E-state index in [0.29, 0.717) is 29.1 Å². The highest BCUT2D eigenvalue weighted by molar-refractivity contribution is 5.30. The maximum Gasteiger partial charge on any atom is 0.201 e. The van der Waals surface area contributed by atoms with Gasteiger partial charge in [-0.15, -0.1) is 0 Å². The SMILES string of the molecule is CC(OC(CC(C)(C(C)C)C(C)C)Oc1ccc(C(CC(C)(C)C)C(C)C)cc1)c1ccccc1. The lowest BCUT2D eigenvalue weighted by molar-refractivity contribution is -0.144. The summed E-state index contributed by atoms with van der Waals surface area (Å²) in [5.74, 6) is 3.07. The summed E-state index contributed by atoms with van der Waals surface area (Å²) in [5.41, 5.74) is 2.98. The quantitative estimate of drug-likeness (QED) is 0.281. The van der Waals surface area contributed by atoms with Crippen LogP contribution in [0.25, 0.3) is 0 Å². The minimum absolute atomic E-state index is 0.0406. The summed E-state index contributed by atoms with van der Waals surface area (Å²) in [6, 6.07) is 19.2. The standard InChI is InChI=1S/C33H52O2/c1-23(2)30(21-32(8,9)10)28-17-19-29(20-18-28)35-31(22-33(11,24(3)4)25(5)6)34-26(7)27-15-13-12-14-16-27/h12-20,23-26,30-31H,21-22H2,1-11H3. The van der Waals surface area contributed by atoms with E-state index in [9.17, 15) is 0 Å². The van der Waals surface area contributed by atoms with Crippen LogP contribution in [0.4, 0.5) is 0 Å². The first-order valence-electron chi connectivity index (χ1n) is 13.7. The first kappa shape index (κ1) is 29.4. The second kappa shape index (κ2) is 12.4. The summed E-state index contributed by atoms with van der Waals surface area (Å²) in [4.78, 5) is 0. The zero-order valence-corrected chi connectivity index (χ0v) is 24.4. The van der Waals surface area contributed by atoms with Crippen molar-refractivity contribution in [1.82, 2.24) is 0 Å². The van der Waals surface area contributed by atoms with Gasteiger partial charge in [-0.3, -0.25) is 0 Å². The Morgan fingerprint density at radius 1 is 0.657 bits per heavy atom. The van der Waals surface area contributed by atoms with Gasteiger partial charge in [0.15, 0.2) is 0 Å². The lowest BCUT2D eigenvalue weighted by Gasteiger charge is -2.41. The highest BCUT2D eigenvalue weighted by Gasteiger charge is 2.36. The molecule has 35 heavy (non-hydrogen) atoms. The molecule has 0 aliphatic carbocycles. The van der Waals surface area contributed by atoms with Crippen molar-refractivity contribution >= 4 is 0 Å². The van der Waals surface area contributed by atoms with Crippen LogP contribution < -0.4 is 4.74 Å². The number of rotatable bonds is 12. The van der Waals surface area contributed by atoms with Gasteiger partial charge in [0, 0.05) is 6.42 Å². The molecule has 0 aromatic heterocycles. The van der Waals surface area contributed by atoms with Crippen molar-refractivity contribution in [3.8, 4) is 5.75 Å². The molecule has 3 unspecified atom stereocenters. The molecule has 0 N–H and O–H groups in total. The molecule has 2 aromatic rings. The van der Waals surface area contributed by atoms with Crippen LogP contribution in [0.2, 0.25) is 0 Å². The summed E-state index contributed by atoms with van der Waals surface area (Å²) in [6.45, 7) is 25.4. The van der Waals surface area contributed by atoms with Gasteiger partial charge >= 0.3 is 0 Å². The molecule has 3 atom stereocenters. The van der Waals surface area contributed by atoms with Crippen LogP contribution in [0, 0.1) is 28.6 Å². The third kappa shape index (κ3) is 8.67. The molecule has 0 amide bonds. The minimum atomic E-state index is -0.318. The van der Waals surface area contributed by atoms with Crippen LogP contribution in [0.3, 0.4) is 0 Å². The molecule has 2 aromatic carbocycles. The van der Waals surface area contributed by atoms with Crippen LogP contribution in [0.15, 0.2) is 54.6 Å². The minimum Gasteiger partial charge on any atom is -0.465 e. The molecule has 2 nitrogen and oxygen atoms in total. The van der Waals surface area contributed by atoms with E-state index < -0.39 is 0 Å². The van der Waals surface area contributed by atoms with Crippen LogP contribution in [0.1, 0.15) is 112 Å². The zero-order valence-electron chi connectivity index (χ0n) is 24.4. The molecule has 2 rings (SSSR count). The Kier molecular flexibility index (Phi) is 10.5. The van der Waals surface area contributed by atoms with Gasteiger partial charge in [-0.2, -0.15) is 0 Å². The van der Waals surface area contributed by atoms with Gasteiger partial charge in [-0.1, -0.05) is 112 Å². The maximum atomic E-state index is 6.60. The van der Waals surface area contributed by atoms with Crippen LogP contribution >= 0.6 is 0 Å². The van der Waals surface area contributed by atoms with E-state index in [0.717, 1.165) is 12.2 Å². The topological polar surface area (TPSA) is 18.5 Å². The summed E-state index contributed by atoms with van der Waals surface area (Å²) in [7, 11) is 0. The zero-order chi connectivity index (χ0) is 26.4. The van der Waals surface area contributed by atoms with Crippen molar-refractivity contribution in [2.45, 2.75) is 107 Å².